The lowest BCUT2D eigenvalue weighted by molar-refractivity contribution is -0.119. The minimum atomic E-state index is -3.88. The maximum Gasteiger partial charge on any atom is 0.341 e. The van der Waals surface area contributed by atoms with Gasteiger partial charge in [-0.25, -0.2) is 13.2 Å². The Morgan fingerprint density at radius 1 is 1.15 bits per heavy atom. The minimum Gasteiger partial charge on any atom is -0.497 e. The van der Waals surface area contributed by atoms with E-state index >= 15 is 0 Å². The highest BCUT2D eigenvalue weighted by Gasteiger charge is 2.40. The topological polar surface area (TPSA) is 102 Å². The van der Waals surface area contributed by atoms with Crippen LogP contribution in [0.4, 0.5) is 5.00 Å². The zero-order chi connectivity index (χ0) is 23.6. The number of nitrogens with one attached hydrogen (secondary N) is 1. The van der Waals surface area contributed by atoms with Gasteiger partial charge in [-0.15, -0.1) is 11.3 Å². The van der Waals surface area contributed by atoms with E-state index in [0.717, 1.165) is 4.70 Å². The Kier molecular flexibility index (Phi) is 6.68. The molecule has 1 aliphatic heterocycles. The van der Waals surface area contributed by atoms with Gasteiger partial charge in [0.2, 0.25) is 15.9 Å². The van der Waals surface area contributed by atoms with E-state index in [2.05, 4.69) is 5.32 Å². The van der Waals surface area contributed by atoms with Gasteiger partial charge in [0.15, 0.2) is 0 Å². The molecule has 0 bridgehead atoms. The number of amides is 1. The number of carbonyl (C=O) groups is 2. The van der Waals surface area contributed by atoms with E-state index in [1.54, 1.807) is 25.1 Å². The Bertz CT molecular complexity index is 1280. The summed E-state index contributed by atoms with van der Waals surface area (Å²) in [6.07, 6.45) is 0.950. The number of fused-ring (bicyclic) bond motifs is 1. The molecule has 0 radical (unpaired) electrons. The first-order valence-electron chi connectivity index (χ1n) is 10.5. The van der Waals surface area contributed by atoms with Gasteiger partial charge in [-0.3, -0.25) is 4.79 Å². The summed E-state index contributed by atoms with van der Waals surface area (Å²) in [5, 5.41) is 3.85. The van der Waals surface area contributed by atoms with Crippen LogP contribution < -0.4 is 10.1 Å². The second-order valence-electron chi connectivity index (χ2n) is 7.46. The number of carbonyl (C=O) groups excluding carboxylic acids is 2. The maximum absolute atomic E-state index is 13.2. The average Bonchev–Trinajstić information content (AvgIpc) is 3.44. The maximum atomic E-state index is 13.2. The molecule has 1 amide bonds. The van der Waals surface area contributed by atoms with Gasteiger partial charge in [0.25, 0.3) is 0 Å². The predicted octanol–water partition coefficient (Wildman–Crippen LogP) is 3.88. The van der Waals surface area contributed by atoms with Crippen molar-refractivity contribution in [1.29, 1.82) is 0 Å². The quantitative estimate of drug-likeness (QED) is 0.507. The van der Waals surface area contributed by atoms with E-state index in [-0.39, 0.29) is 23.6 Å². The Balaban J connectivity index is 1.62. The Morgan fingerprint density at radius 3 is 2.58 bits per heavy atom. The number of anilines is 1. The van der Waals surface area contributed by atoms with Gasteiger partial charge in [-0.2, -0.15) is 4.31 Å². The van der Waals surface area contributed by atoms with Crippen LogP contribution in [0.1, 0.15) is 30.1 Å². The number of sulfonamides is 1. The fraction of sp³-hybridized carbons (Fsp3) is 0.304. The molecule has 2 aromatic carbocycles. The van der Waals surface area contributed by atoms with Crippen molar-refractivity contribution in [1.82, 2.24) is 4.31 Å². The molecule has 10 heteroatoms. The summed E-state index contributed by atoms with van der Waals surface area (Å²) in [6.45, 7) is 2.15. The van der Waals surface area contributed by atoms with Gasteiger partial charge in [-0.05, 0) is 50.1 Å². The van der Waals surface area contributed by atoms with Crippen LogP contribution >= 0.6 is 11.3 Å². The number of methoxy groups -OCH3 is 1. The van der Waals surface area contributed by atoms with Crippen LogP contribution in [-0.2, 0) is 19.6 Å². The lowest BCUT2D eigenvalue weighted by Gasteiger charge is -2.23. The Labute approximate surface area is 196 Å². The van der Waals surface area contributed by atoms with E-state index < -0.39 is 27.9 Å². The highest BCUT2D eigenvalue weighted by atomic mass is 32.2. The second-order valence-corrected chi connectivity index (χ2v) is 10.4. The molecule has 33 heavy (non-hydrogen) atoms. The molecule has 8 nitrogen and oxygen atoms in total. The number of rotatable bonds is 7. The van der Waals surface area contributed by atoms with Crippen molar-refractivity contribution in [2.45, 2.75) is 30.7 Å². The summed E-state index contributed by atoms with van der Waals surface area (Å²) >= 11 is 1.26. The van der Waals surface area contributed by atoms with Crippen molar-refractivity contribution >= 4 is 48.3 Å². The number of thiophene rings is 1. The van der Waals surface area contributed by atoms with E-state index in [1.165, 1.54) is 34.9 Å². The van der Waals surface area contributed by atoms with Crippen LogP contribution in [0.25, 0.3) is 10.1 Å². The molecule has 4 rings (SSSR count). The van der Waals surface area contributed by atoms with Gasteiger partial charge in [-0.1, -0.05) is 18.2 Å². The smallest absolute Gasteiger partial charge is 0.341 e. The standard InChI is InChI=1S/C23H24N2O6S2/c1-3-31-23(27)20-17-7-4-5-9-19(17)32-22(20)24-21(26)18-8-6-14-25(18)33(28,29)16-12-10-15(30-2)11-13-16/h4-5,7,9-13,18H,3,6,8,14H2,1-2H3,(H,24,26). The summed E-state index contributed by atoms with van der Waals surface area (Å²) in [6, 6.07) is 12.5. The van der Waals surface area contributed by atoms with Crippen molar-refractivity contribution in [3.8, 4) is 5.75 Å². The molecule has 174 valence electrons. The molecule has 2 heterocycles. The molecule has 0 spiro atoms. The zero-order valence-corrected chi connectivity index (χ0v) is 19.9. The van der Waals surface area contributed by atoms with Crippen molar-refractivity contribution in [2.24, 2.45) is 0 Å². The molecule has 1 saturated heterocycles. The van der Waals surface area contributed by atoms with Crippen LogP contribution in [0, 0.1) is 0 Å². The van der Waals surface area contributed by atoms with Crippen LogP contribution in [0.3, 0.4) is 0 Å². The third kappa shape index (κ3) is 4.46. The van der Waals surface area contributed by atoms with Crippen LogP contribution in [0.5, 0.6) is 5.75 Å². The van der Waals surface area contributed by atoms with Crippen molar-refractivity contribution < 1.29 is 27.5 Å². The minimum absolute atomic E-state index is 0.0945. The molecule has 1 fully saturated rings. The van der Waals surface area contributed by atoms with Crippen molar-refractivity contribution in [3.63, 3.8) is 0 Å². The molecule has 1 N–H and O–H groups in total. The monoisotopic (exact) mass is 488 g/mol. The Morgan fingerprint density at radius 2 is 1.88 bits per heavy atom. The number of hydrogen-bond acceptors (Lipinski definition) is 7. The summed E-state index contributed by atoms with van der Waals surface area (Å²) in [4.78, 5) is 25.9. The first kappa shape index (κ1) is 23.2. The van der Waals surface area contributed by atoms with E-state index in [9.17, 15) is 18.0 Å². The summed E-state index contributed by atoms with van der Waals surface area (Å²) < 4.78 is 38.8. The molecule has 1 atom stereocenters. The third-order valence-corrected chi connectivity index (χ3v) is 8.49. The first-order chi connectivity index (χ1) is 15.9. The van der Waals surface area contributed by atoms with E-state index in [1.807, 2.05) is 18.2 Å². The fourth-order valence-corrected chi connectivity index (χ4v) is 6.66. The predicted molar refractivity (Wildman–Crippen MR) is 126 cm³/mol. The molecule has 1 unspecified atom stereocenters. The van der Waals surface area contributed by atoms with Crippen LogP contribution in [0.2, 0.25) is 0 Å². The molecule has 1 aromatic heterocycles. The zero-order valence-electron chi connectivity index (χ0n) is 18.2. The first-order valence-corrected chi connectivity index (χ1v) is 12.8. The second kappa shape index (κ2) is 9.50. The van der Waals surface area contributed by atoms with Gasteiger partial charge in [0, 0.05) is 16.6 Å². The fourth-order valence-electron chi connectivity index (χ4n) is 3.91. The molecule has 0 saturated carbocycles. The van der Waals surface area contributed by atoms with Gasteiger partial charge < -0.3 is 14.8 Å². The number of esters is 1. The largest absolute Gasteiger partial charge is 0.497 e. The summed E-state index contributed by atoms with van der Waals surface area (Å²) in [5.41, 5.74) is 0.286. The SMILES string of the molecule is CCOC(=O)c1c(NC(=O)C2CCCN2S(=O)(=O)c2ccc(OC)cc2)sc2ccccc12. The Hall–Kier alpha value is -2.95. The van der Waals surface area contributed by atoms with Crippen LogP contribution in [0.15, 0.2) is 53.4 Å². The number of benzene rings is 2. The third-order valence-electron chi connectivity index (χ3n) is 5.48. The van der Waals surface area contributed by atoms with E-state index in [4.69, 9.17) is 9.47 Å². The molecule has 3 aromatic rings. The average molecular weight is 489 g/mol. The molecular formula is C23H24N2O6S2. The van der Waals surface area contributed by atoms with Crippen molar-refractivity contribution in [3.05, 3.63) is 54.1 Å². The van der Waals surface area contributed by atoms with Gasteiger partial charge >= 0.3 is 5.97 Å². The van der Waals surface area contributed by atoms with Crippen LogP contribution in [-0.4, -0.2) is 50.9 Å². The highest BCUT2D eigenvalue weighted by molar-refractivity contribution is 7.89. The normalized spacial score (nSPS) is 16.6. The molecular weight excluding hydrogens is 464 g/mol. The van der Waals surface area contributed by atoms with Crippen molar-refractivity contribution in [2.75, 3.05) is 25.6 Å². The molecule has 0 aliphatic carbocycles. The number of ether oxygens (including phenoxy) is 2. The highest BCUT2D eigenvalue weighted by Crippen LogP contribution is 2.37. The number of nitrogens with zero attached hydrogens (tertiary/aromatic N) is 1. The van der Waals surface area contributed by atoms with Gasteiger partial charge in [0.1, 0.15) is 22.4 Å². The lowest BCUT2D eigenvalue weighted by atomic mass is 10.1. The van der Waals surface area contributed by atoms with E-state index in [0.29, 0.717) is 29.0 Å². The summed E-state index contributed by atoms with van der Waals surface area (Å²) in [7, 11) is -2.38. The van der Waals surface area contributed by atoms with Gasteiger partial charge in [0.05, 0.1) is 18.6 Å². The summed E-state index contributed by atoms with van der Waals surface area (Å²) in [5.74, 6) is -0.456. The molecule has 1 aliphatic rings. The lowest BCUT2D eigenvalue weighted by Crippen LogP contribution is -2.43. The number of hydrogen-bond donors (Lipinski definition) is 1.